The lowest BCUT2D eigenvalue weighted by Gasteiger charge is -2.27. The van der Waals surface area contributed by atoms with Gasteiger partial charge in [-0.2, -0.15) is 11.3 Å². The third-order valence-corrected chi connectivity index (χ3v) is 5.86. The van der Waals surface area contributed by atoms with Gasteiger partial charge in [0.15, 0.2) is 0 Å². The fraction of sp³-hybridized carbons (Fsp3) is 0.118. The van der Waals surface area contributed by atoms with Crippen LogP contribution >= 0.6 is 34.3 Å². The second-order valence-electron chi connectivity index (χ2n) is 5.45. The monoisotopic (exact) mass is 408 g/mol. The van der Waals surface area contributed by atoms with E-state index in [0.717, 1.165) is 6.07 Å². The second kappa shape index (κ2) is 7.55. The predicted octanol–water partition coefficient (Wildman–Crippen LogP) is 4.04. The van der Waals surface area contributed by atoms with Crippen molar-refractivity contribution in [2.75, 3.05) is 6.54 Å². The van der Waals surface area contributed by atoms with E-state index in [0.29, 0.717) is 10.4 Å². The summed E-state index contributed by atoms with van der Waals surface area (Å²) < 4.78 is 0. The number of nitro benzene ring substituents is 1. The van der Waals surface area contributed by atoms with Gasteiger partial charge in [-0.25, -0.2) is 0 Å². The molecule has 2 heterocycles. The first kappa shape index (κ1) is 18.5. The summed E-state index contributed by atoms with van der Waals surface area (Å²) in [5.41, 5.74) is -0.770. The molecule has 0 fully saturated rings. The smallest absolute Gasteiger partial charge is 0.270 e. The molecule has 1 amide bonds. The molecular formula is C17H13ClN2O4S2. The lowest BCUT2D eigenvalue weighted by atomic mass is 9.94. The number of hydrogen-bond donors (Lipinski definition) is 2. The van der Waals surface area contributed by atoms with Gasteiger partial charge in [-0.05, 0) is 34.3 Å². The third-order valence-electron chi connectivity index (χ3n) is 3.84. The molecular weight excluding hydrogens is 396 g/mol. The Labute approximate surface area is 161 Å². The van der Waals surface area contributed by atoms with Gasteiger partial charge in [0.1, 0.15) is 5.60 Å². The van der Waals surface area contributed by atoms with Crippen LogP contribution in [0, 0.1) is 10.1 Å². The minimum Gasteiger partial charge on any atom is -0.378 e. The SMILES string of the molecule is O=C(NCC(O)(c1ccsc1)c1cccs1)c1ccc([N+](=O)[O-])cc1Cl. The van der Waals surface area contributed by atoms with Crippen molar-refractivity contribution in [3.05, 3.63) is 83.7 Å². The van der Waals surface area contributed by atoms with Gasteiger partial charge in [0, 0.05) is 22.6 Å². The first-order chi connectivity index (χ1) is 12.4. The van der Waals surface area contributed by atoms with Crippen LogP contribution in [0.3, 0.4) is 0 Å². The van der Waals surface area contributed by atoms with Crippen LogP contribution in [0.2, 0.25) is 5.02 Å². The normalized spacial score (nSPS) is 13.2. The number of halogens is 1. The van der Waals surface area contributed by atoms with Crippen LogP contribution < -0.4 is 5.32 Å². The van der Waals surface area contributed by atoms with Gasteiger partial charge in [0.05, 0.1) is 22.1 Å². The Morgan fingerprint density at radius 1 is 1.31 bits per heavy atom. The molecule has 0 aliphatic rings. The summed E-state index contributed by atoms with van der Waals surface area (Å²) in [7, 11) is 0. The van der Waals surface area contributed by atoms with Gasteiger partial charge in [-0.1, -0.05) is 17.7 Å². The lowest BCUT2D eigenvalue weighted by Crippen LogP contribution is -2.41. The number of thiophene rings is 2. The number of nitrogens with zero attached hydrogens (tertiary/aromatic N) is 1. The van der Waals surface area contributed by atoms with Crippen molar-refractivity contribution >= 4 is 45.9 Å². The highest BCUT2D eigenvalue weighted by Crippen LogP contribution is 2.33. The predicted molar refractivity (Wildman–Crippen MR) is 102 cm³/mol. The highest BCUT2D eigenvalue weighted by molar-refractivity contribution is 7.10. The second-order valence-corrected chi connectivity index (χ2v) is 7.59. The van der Waals surface area contributed by atoms with Gasteiger partial charge in [0.25, 0.3) is 11.6 Å². The van der Waals surface area contributed by atoms with Gasteiger partial charge in [0.2, 0.25) is 0 Å². The molecule has 1 atom stereocenters. The Kier molecular flexibility index (Phi) is 5.38. The number of rotatable bonds is 6. The molecule has 1 aromatic carbocycles. The average Bonchev–Trinajstić information content (AvgIpc) is 3.32. The quantitative estimate of drug-likeness (QED) is 0.475. The molecule has 1 unspecified atom stereocenters. The van der Waals surface area contributed by atoms with Crippen LogP contribution in [0.4, 0.5) is 5.69 Å². The van der Waals surface area contributed by atoms with E-state index in [1.54, 1.807) is 12.1 Å². The van der Waals surface area contributed by atoms with Crippen LogP contribution in [0.5, 0.6) is 0 Å². The van der Waals surface area contributed by atoms with Crippen molar-refractivity contribution in [2.24, 2.45) is 0 Å². The van der Waals surface area contributed by atoms with Crippen LogP contribution in [0.1, 0.15) is 20.8 Å². The number of nitro groups is 1. The molecule has 134 valence electrons. The molecule has 9 heteroatoms. The molecule has 3 aromatic rings. The average molecular weight is 409 g/mol. The molecule has 0 spiro atoms. The number of non-ortho nitro benzene ring substituents is 1. The highest BCUT2D eigenvalue weighted by atomic mass is 35.5. The number of carbonyl (C=O) groups excluding carboxylic acids is 1. The van der Waals surface area contributed by atoms with Crippen molar-refractivity contribution in [3.8, 4) is 0 Å². The van der Waals surface area contributed by atoms with E-state index < -0.39 is 16.4 Å². The van der Waals surface area contributed by atoms with E-state index in [2.05, 4.69) is 5.32 Å². The minimum absolute atomic E-state index is 0.0214. The van der Waals surface area contributed by atoms with E-state index in [1.807, 2.05) is 22.2 Å². The van der Waals surface area contributed by atoms with E-state index in [9.17, 15) is 20.0 Å². The zero-order valence-electron chi connectivity index (χ0n) is 13.2. The molecule has 2 aromatic heterocycles. The largest absolute Gasteiger partial charge is 0.378 e. The Hall–Kier alpha value is -2.26. The van der Waals surface area contributed by atoms with Gasteiger partial charge < -0.3 is 10.4 Å². The number of carbonyl (C=O) groups is 1. The van der Waals surface area contributed by atoms with Crippen molar-refractivity contribution in [2.45, 2.75) is 5.60 Å². The summed E-state index contributed by atoms with van der Waals surface area (Å²) in [5, 5.41) is 30.1. The maximum Gasteiger partial charge on any atom is 0.270 e. The minimum atomic E-state index is -1.36. The van der Waals surface area contributed by atoms with E-state index in [-0.39, 0.29) is 22.8 Å². The molecule has 0 bridgehead atoms. The molecule has 0 radical (unpaired) electrons. The lowest BCUT2D eigenvalue weighted by molar-refractivity contribution is -0.384. The summed E-state index contributed by atoms with van der Waals surface area (Å²) in [6.07, 6.45) is 0. The zero-order chi connectivity index (χ0) is 18.7. The number of hydrogen-bond acceptors (Lipinski definition) is 6. The van der Waals surface area contributed by atoms with Crippen LogP contribution in [0.25, 0.3) is 0 Å². The number of benzene rings is 1. The summed E-state index contributed by atoms with van der Waals surface area (Å²) in [6.45, 7) is -0.0591. The summed E-state index contributed by atoms with van der Waals surface area (Å²) in [4.78, 5) is 23.3. The molecule has 26 heavy (non-hydrogen) atoms. The van der Waals surface area contributed by atoms with Crippen molar-refractivity contribution < 1.29 is 14.8 Å². The highest BCUT2D eigenvalue weighted by Gasteiger charge is 2.34. The summed E-state index contributed by atoms with van der Waals surface area (Å²) >= 11 is 8.83. The Balaban J connectivity index is 1.82. The van der Waals surface area contributed by atoms with Crippen molar-refractivity contribution in [1.29, 1.82) is 0 Å². The molecule has 2 N–H and O–H groups in total. The molecule has 0 aliphatic carbocycles. The molecule has 0 saturated heterocycles. The van der Waals surface area contributed by atoms with Crippen LogP contribution in [-0.4, -0.2) is 22.5 Å². The topological polar surface area (TPSA) is 92.5 Å². The maximum atomic E-state index is 12.5. The summed E-state index contributed by atoms with van der Waals surface area (Å²) in [5.74, 6) is -0.518. The first-order valence-electron chi connectivity index (χ1n) is 7.43. The molecule has 3 rings (SSSR count). The van der Waals surface area contributed by atoms with E-state index in [1.165, 1.54) is 34.8 Å². The molecule has 0 aliphatic heterocycles. The standard InChI is InChI=1S/C17H13ClN2O4S2/c18-14-8-12(20(23)24)3-4-13(14)16(21)19-10-17(22,11-5-7-25-9-11)15-2-1-6-26-15/h1-9,22H,10H2,(H,19,21). The Morgan fingerprint density at radius 2 is 2.12 bits per heavy atom. The Bertz CT molecular complexity index is 892. The number of nitrogens with one attached hydrogen (secondary N) is 1. The first-order valence-corrected chi connectivity index (χ1v) is 9.63. The zero-order valence-corrected chi connectivity index (χ0v) is 15.6. The van der Waals surface area contributed by atoms with Gasteiger partial charge in [-0.15, -0.1) is 11.3 Å². The number of aliphatic hydroxyl groups is 1. The number of amides is 1. The maximum absolute atomic E-state index is 12.5. The fourth-order valence-corrected chi connectivity index (χ4v) is 4.28. The summed E-state index contributed by atoms with van der Waals surface area (Å²) in [6, 6.07) is 9.06. The molecule has 6 nitrogen and oxygen atoms in total. The van der Waals surface area contributed by atoms with Crippen molar-refractivity contribution in [3.63, 3.8) is 0 Å². The van der Waals surface area contributed by atoms with Gasteiger partial charge in [-0.3, -0.25) is 14.9 Å². The third kappa shape index (κ3) is 3.63. The Morgan fingerprint density at radius 3 is 2.69 bits per heavy atom. The van der Waals surface area contributed by atoms with E-state index in [4.69, 9.17) is 11.6 Å². The van der Waals surface area contributed by atoms with Crippen LogP contribution in [-0.2, 0) is 5.60 Å². The van der Waals surface area contributed by atoms with E-state index >= 15 is 0 Å². The van der Waals surface area contributed by atoms with Crippen LogP contribution in [0.15, 0.2) is 52.5 Å². The molecule has 0 saturated carbocycles. The van der Waals surface area contributed by atoms with Gasteiger partial charge >= 0.3 is 0 Å². The fourth-order valence-electron chi connectivity index (χ4n) is 2.45. The van der Waals surface area contributed by atoms with Crippen molar-refractivity contribution in [1.82, 2.24) is 5.32 Å².